The van der Waals surface area contributed by atoms with E-state index in [1.165, 1.54) is 6.20 Å². The van der Waals surface area contributed by atoms with Gasteiger partial charge in [-0.15, -0.1) is 12.4 Å². The summed E-state index contributed by atoms with van der Waals surface area (Å²) in [6.45, 7) is 0.383. The quantitative estimate of drug-likeness (QED) is 0.736. The van der Waals surface area contributed by atoms with Gasteiger partial charge in [-0.2, -0.15) is 0 Å². The van der Waals surface area contributed by atoms with Crippen molar-refractivity contribution in [3.05, 3.63) is 30.0 Å². The average molecular weight is 202 g/mol. The molecule has 3 N–H and O–H groups in total. The predicted octanol–water partition coefficient (Wildman–Crippen LogP) is 1.58. The van der Waals surface area contributed by atoms with Gasteiger partial charge in [-0.3, -0.25) is 4.98 Å². The number of nitrogens with zero attached hydrogens (tertiary/aromatic N) is 1. The van der Waals surface area contributed by atoms with Crippen molar-refractivity contribution in [1.29, 1.82) is 0 Å². The Morgan fingerprint density at radius 1 is 1.46 bits per heavy atom. The highest BCUT2D eigenvalue weighted by atomic mass is 35.5. The number of aromatic nitrogens is 2. The topological polar surface area (TPSA) is 54.7 Å². The summed E-state index contributed by atoms with van der Waals surface area (Å²) in [5.41, 5.74) is 6.68. The molecule has 0 aliphatic rings. The van der Waals surface area contributed by atoms with Crippen LogP contribution in [0.5, 0.6) is 0 Å². The number of fused-ring (bicyclic) bond motifs is 1. The van der Waals surface area contributed by atoms with Crippen molar-refractivity contribution < 1.29 is 4.39 Å². The fourth-order valence-corrected chi connectivity index (χ4v) is 1.19. The molecular formula is C8H9ClFN3. The summed E-state index contributed by atoms with van der Waals surface area (Å²) in [5, 5.41) is 0.760. The van der Waals surface area contributed by atoms with Gasteiger partial charge in [0, 0.05) is 23.8 Å². The molecule has 2 heterocycles. The number of nitrogens with one attached hydrogen (secondary N) is 1. The van der Waals surface area contributed by atoms with E-state index >= 15 is 0 Å². The summed E-state index contributed by atoms with van der Waals surface area (Å²) in [4.78, 5) is 6.60. The van der Waals surface area contributed by atoms with E-state index in [0.717, 1.165) is 11.1 Å². The Morgan fingerprint density at radius 2 is 2.23 bits per heavy atom. The summed E-state index contributed by atoms with van der Waals surface area (Å²) < 4.78 is 13.0. The number of H-pyrrole nitrogens is 1. The van der Waals surface area contributed by atoms with E-state index in [1.54, 1.807) is 12.3 Å². The number of pyridine rings is 1. The molecule has 0 amide bonds. The van der Waals surface area contributed by atoms with Crippen LogP contribution in [-0.4, -0.2) is 9.97 Å². The zero-order chi connectivity index (χ0) is 8.55. The highest BCUT2D eigenvalue weighted by Crippen LogP contribution is 2.16. The van der Waals surface area contributed by atoms with Crippen LogP contribution in [0.2, 0.25) is 0 Å². The molecule has 0 radical (unpaired) electrons. The summed E-state index contributed by atoms with van der Waals surface area (Å²) >= 11 is 0. The van der Waals surface area contributed by atoms with Crippen LogP contribution in [0.4, 0.5) is 4.39 Å². The molecule has 2 aromatic rings. The Bertz CT molecular complexity index is 413. The van der Waals surface area contributed by atoms with Gasteiger partial charge in [0.1, 0.15) is 0 Å². The molecular weight excluding hydrogens is 193 g/mol. The minimum atomic E-state index is -0.341. The lowest BCUT2D eigenvalue weighted by Crippen LogP contribution is -1.95. The van der Waals surface area contributed by atoms with Gasteiger partial charge in [-0.1, -0.05) is 0 Å². The third-order valence-corrected chi connectivity index (χ3v) is 1.76. The van der Waals surface area contributed by atoms with E-state index in [9.17, 15) is 4.39 Å². The summed E-state index contributed by atoms with van der Waals surface area (Å²) in [6.07, 6.45) is 2.78. The van der Waals surface area contributed by atoms with Crippen molar-refractivity contribution in [3.8, 4) is 0 Å². The van der Waals surface area contributed by atoms with E-state index < -0.39 is 0 Å². The Labute approximate surface area is 80.6 Å². The number of rotatable bonds is 1. The predicted molar refractivity (Wildman–Crippen MR) is 51.2 cm³/mol. The van der Waals surface area contributed by atoms with E-state index in [2.05, 4.69) is 9.97 Å². The molecule has 0 atom stereocenters. The second-order valence-corrected chi connectivity index (χ2v) is 2.58. The standard InChI is InChI=1S/C8H8FN3.ClH/c9-7-4-11-3-5-1-6(2-10)12-8(5)7;/h1,3-4,12H,2,10H2;1H. The number of hydrogen-bond acceptors (Lipinski definition) is 2. The van der Waals surface area contributed by atoms with Crippen LogP contribution in [0, 0.1) is 5.82 Å². The third kappa shape index (κ3) is 1.64. The lowest BCUT2D eigenvalue weighted by atomic mass is 10.3. The van der Waals surface area contributed by atoms with E-state index in [1.807, 2.05) is 0 Å². The smallest absolute Gasteiger partial charge is 0.165 e. The van der Waals surface area contributed by atoms with Crippen LogP contribution < -0.4 is 5.73 Å². The zero-order valence-corrected chi connectivity index (χ0v) is 7.57. The first-order valence-electron chi connectivity index (χ1n) is 3.62. The monoisotopic (exact) mass is 201 g/mol. The lowest BCUT2D eigenvalue weighted by molar-refractivity contribution is 0.631. The number of aromatic amines is 1. The van der Waals surface area contributed by atoms with Gasteiger partial charge in [0.2, 0.25) is 0 Å². The van der Waals surface area contributed by atoms with Crippen molar-refractivity contribution >= 4 is 23.3 Å². The first-order valence-corrected chi connectivity index (χ1v) is 3.62. The molecule has 0 saturated carbocycles. The highest BCUT2D eigenvalue weighted by molar-refractivity contribution is 5.85. The van der Waals surface area contributed by atoms with Gasteiger partial charge in [0.05, 0.1) is 11.7 Å². The van der Waals surface area contributed by atoms with Gasteiger partial charge in [-0.25, -0.2) is 4.39 Å². The molecule has 0 bridgehead atoms. The Hall–Kier alpha value is -1.13. The number of nitrogens with two attached hydrogens (primary N) is 1. The molecule has 5 heteroatoms. The lowest BCUT2D eigenvalue weighted by Gasteiger charge is -1.89. The van der Waals surface area contributed by atoms with Gasteiger partial charge in [0.15, 0.2) is 5.82 Å². The number of hydrogen-bond donors (Lipinski definition) is 2. The molecule has 2 aromatic heterocycles. The molecule has 0 saturated heterocycles. The molecule has 0 spiro atoms. The van der Waals surface area contributed by atoms with Crippen molar-refractivity contribution in [2.45, 2.75) is 6.54 Å². The molecule has 2 rings (SSSR count). The van der Waals surface area contributed by atoms with Crippen LogP contribution in [0.1, 0.15) is 5.69 Å². The fraction of sp³-hybridized carbons (Fsp3) is 0.125. The van der Waals surface area contributed by atoms with Gasteiger partial charge < -0.3 is 10.7 Å². The summed E-state index contributed by atoms with van der Waals surface area (Å²) in [6, 6.07) is 1.80. The first-order chi connectivity index (χ1) is 5.81. The van der Waals surface area contributed by atoms with Crippen molar-refractivity contribution in [2.24, 2.45) is 5.73 Å². The maximum absolute atomic E-state index is 13.0. The molecule has 70 valence electrons. The Balaban J connectivity index is 0.000000845. The zero-order valence-electron chi connectivity index (χ0n) is 6.75. The van der Waals surface area contributed by atoms with Crippen molar-refractivity contribution in [2.75, 3.05) is 0 Å². The molecule has 0 aliphatic heterocycles. The Kier molecular flexibility index (Phi) is 2.85. The van der Waals surface area contributed by atoms with Crippen LogP contribution in [0.3, 0.4) is 0 Å². The number of halogens is 2. The normalized spacial score (nSPS) is 10.0. The van der Waals surface area contributed by atoms with Gasteiger partial charge in [-0.05, 0) is 6.07 Å². The minimum Gasteiger partial charge on any atom is -0.355 e. The maximum atomic E-state index is 13.0. The molecule has 0 aliphatic carbocycles. The summed E-state index contributed by atoms with van der Waals surface area (Å²) in [5.74, 6) is -0.341. The maximum Gasteiger partial charge on any atom is 0.165 e. The molecule has 0 fully saturated rings. The fourth-order valence-electron chi connectivity index (χ4n) is 1.19. The van der Waals surface area contributed by atoms with E-state index in [0.29, 0.717) is 12.1 Å². The largest absolute Gasteiger partial charge is 0.355 e. The van der Waals surface area contributed by atoms with Crippen LogP contribution >= 0.6 is 12.4 Å². The van der Waals surface area contributed by atoms with Crippen LogP contribution in [0.15, 0.2) is 18.5 Å². The first kappa shape index (κ1) is 9.95. The molecule has 13 heavy (non-hydrogen) atoms. The molecule has 3 nitrogen and oxygen atoms in total. The third-order valence-electron chi connectivity index (χ3n) is 1.76. The van der Waals surface area contributed by atoms with Crippen LogP contribution in [-0.2, 0) is 6.54 Å². The van der Waals surface area contributed by atoms with Gasteiger partial charge in [0.25, 0.3) is 0 Å². The van der Waals surface area contributed by atoms with Crippen molar-refractivity contribution in [3.63, 3.8) is 0 Å². The van der Waals surface area contributed by atoms with Crippen LogP contribution in [0.25, 0.3) is 10.9 Å². The summed E-state index contributed by atoms with van der Waals surface area (Å²) in [7, 11) is 0. The van der Waals surface area contributed by atoms with Crippen molar-refractivity contribution in [1.82, 2.24) is 9.97 Å². The highest BCUT2D eigenvalue weighted by Gasteiger charge is 2.03. The minimum absolute atomic E-state index is 0. The van der Waals surface area contributed by atoms with E-state index in [4.69, 9.17) is 5.73 Å². The Morgan fingerprint density at radius 3 is 2.85 bits per heavy atom. The average Bonchev–Trinajstić information content (AvgIpc) is 2.49. The second kappa shape index (κ2) is 3.72. The molecule has 0 unspecified atom stereocenters. The second-order valence-electron chi connectivity index (χ2n) is 2.58. The van der Waals surface area contributed by atoms with Gasteiger partial charge >= 0.3 is 0 Å². The van der Waals surface area contributed by atoms with E-state index in [-0.39, 0.29) is 18.2 Å². The molecule has 0 aromatic carbocycles. The SMILES string of the molecule is Cl.NCc1cc2cncc(F)c2[nH]1.